The van der Waals surface area contributed by atoms with Crippen molar-refractivity contribution in [2.24, 2.45) is 0 Å². The van der Waals surface area contributed by atoms with E-state index < -0.39 is 11.7 Å². The number of anilines is 2. The molecule has 0 unspecified atom stereocenters. The molecule has 0 aliphatic rings. The van der Waals surface area contributed by atoms with Crippen molar-refractivity contribution >= 4 is 23.4 Å². The standard InChI is InChI=1S/C20H24N2O3.C2H6/c1-20(2,3)25-19(24)22-17-11-7-8-15(14-17)12-13-18(23)21-16-9-5-4-6-10-16;1-2/h4-11,14H,12-13H2,1-3H3,(H,21,23)(H,22,24);1-2H3. The Bertz CT molecular complexity index is 722. The third-order valence-corrected chi connectivity index (χ3v) is 3.27. The lowest BCUT2D eigenvalue weighted by Gasteiger charge is -2.19. The summed E-state index contributed by atoms with van der Waals surface area (Å²) in [5.74, 6) is -0.0447. The topological polar surface area (TPSA) is 67.4 Å². The van der Waals surface area contributed by atoms with Crippen LogP contribution in [0.1, 0.15) is 46.6 Å². The molecular formula is C22H30N2O3. The predicted octanol–water partition coefficient (Wildman–Crippen LogP) is 5.63. The van der Waals surface area contributed by atoms with E-state index >= 15 is 0 Å². The Kier molecular flexibility index (Phi) is 9.06. The Morgan fingerprint density at radius 3 is 2.15 bits per heavy atom. The van der Waals surface area contributed by atoms with Crippen molar-refractivity contribution in [3.8, 4) is 0 Å². The summed E-state index contributed by atoms with van der Waals surface area (Å²) in [5, 5.41) is 5.56. The third-order valence-electron chi connectivity index (χ3n) is 3.27. The van der Waals surface area contributed by atoms with Crippen LogP contribution in [0, 0.1) is 0 Å². The van der Waals surface area contributed by atoms with Gasteiger partial charge in [0, 0.05) is 17.8 Å². The zero-order valence-electron chi connectivity index (χ0n) is 16.8. The van der Waals surface area contributed by atoms with Gasteiger partial charge in [0.05, 0.1) is 0 Å². The SMILES string of the molecule is CC.CC(C)(C)OC(=O)Nc1cccc(CCC(=O)Nc2ccccc2)c1. The smallest absolute Gasteiger partial charge is 0.412 e. The molecule has 0 radical (unpaired) electrons. The number of hydrogen-bond donors (Lipinski definition) is 2. The van der Waals surface area contributed by atoms with E-state index in [2.05, 4.69) is 10.6 Å². The highest BCUT2D eigenvalue weighted by atomic mass is 16.6. The van der Waals surface area contributed by atoms with E-state index in [0.717, 1.165) is 11.3 Å². The minimum Gasteiger partial charge on any atom is -0.444 e. The van der Waals surface area contributed by atoms with Crippen LogP contribution in [0.4, 0.5) is 16.2 Å². The lowest BCUT2D eigenvalue weighted by Crippen LogP contribution is -2.27. The Hall–Kier alpha value is -2.82. The summed E-state index contributed by atoms with van der Waals surface area (Å²) in [6.45, 7) is 9.44. The summed E-state index contributed by atoms with van der Waals surface area (Å²) in [7, 11) is 0. The van der Waals surface area contributed by atoms with Crippen LogP contribution < -0.4 is 10.6 Å². The highest BCUT2D eigenvalue weighted by Gasteiger charge is 2.16. The Morgan fingerprint density at radius 1 is 0.889 bits per heavy atom. The van der Waals surface area contributed by atoms with E-state index in [1.54, 1.807) is 6.07 Å². The first-order chi connectivity index (χ1) is 12.8. The summed E-state index contributed by atoms with van der Waals surface area (Å²) in [6.07, 6.45) is 0.458. The van der Waals surface area contributed by atoms with Gasteiger partial charge in [0.15, 0.2) is 0 Å². The minimum absolute atomic E-state index is 0.0447. The third kappa shape index (κ3) is 9.45. The van der Waals surface area contributed by atoms with Gasteiger partial charge >= 0.3 is 6.09 Å². The summed E-state index contributed by atoms with van der Waals surface area (Å²) >= 11 is 0. The molecule has 2 rings (SSSR count). The first-order valence-electron chi connectivity index (χ1n) is 9.26. The Morgan fingerprint density at radius 2 is 1.52 bits per heavy atom. The number of carbonyl (C=O) groups excluding carboxylic acids is 2. The van der Waals surface area contributed by atoms with Crippen molar-refractivity contribution in [1.29, 1.82) is 0 Å². The molecule has 0 heterocycles. The van der Waals surface area contributed by atoms with Gasteiger partial charge in [-0.1, -0.05) is 44.2 Å². The number of amides is 2. The average Bonchev–Trinajstić information content (AvgIpc) is 2.61. The second kappa shape index (κ2) is 11.0. The summed E-state index contributed by atoms with van der Waals surface area (Å²) < 4.78 is 5.23. The van der Waals surface area contributed by atoms with Gasteiger partial charge in [0.1, 0.15) is 5.60 Å². The molecule has 0 aliphatic carbocycles. The van der Waals surface area contributed by atoms with Gasteiger partial charge in [0.25, 0.3) is 0 Å². The largest absolute Gasteiger partial charge is 0.444 e. The number of aryl methyl sites for hydroxylation is 1. The van der Waals surface area contributed by atoms with Gasteiger partial charge in [-0.05, 0) is 57.0 Å². The minimum atomic E-state index is -0.544. The molecule has 0 spiro atoms. The van der Waals surface area contributed by atoms with E-state index in [4.69, 9.17) is 4.74 Å². The van der Waals surface area contributed by atoms with Crippen molar-refractivity contribution in [2.45, 2.75) is 53.1 Å². The lowest BCUT2D eigenvalue weighted by molar-refractivity contribution is -0.116. The van der Waals surface area contributed by atoms with Crippen molar-refractivity contribution in [3.05, 3.63) is 60.2 Å². The van der Waals surface area contributed by atoms with Gasteiger partial charge in [-0.15, -0.1) is 0 Å². The van der Waals surface area contributed by atoms with E-state index in [9.17, 15) is 9.59 Å². The van der Waals surface area contributed by atoms with Crippen LogP contribution in [0.25, 0.3) is 0 Å². The van der Waals surface area contributed by atoms with Crippen LogP contribution >= 0.6 is 0 Å². The zero-order valence-corrected chi connectivity index (χ0v) is 16.8. The fourth-order valence-corrected chi connectivity index (χ4v) is 2.23. The molecule has 0 saturated carbocycles. The summed E-state index contributed by atoms with van der Waals surface area (Å²) in [5.41, 5.74) is 1.86. The van der Waals surface area contributed by atoms with E-state index in [1.165, 1.54) is 0 Å². The highest BCUT2D eigenvalue weighted by Crippen LogP contribution is 2.15. The first-order valence-corrected chi connectivity index (χ1v) is 9.26. The molecule has 2 aromatic rings. The van der Waals surface area contributed by atoms with Crippen LogP contribution in [0.15, 0.2) is 54.6 Å². The van der Waals surface area contributed by atoms with Crippen LogP contribution in [0.5, 0.6) is 0 Å². The summed E-state index contributed by atoms with van der Waals surface area (Å²) in [4.78, 5) is 23.8. The zero-order chi connectivity index (χ0) is 20.3. The number of carbonyl (C=O) groups is 2. The molecule has 0 aromatic heterocycles. The second-order valence-corrected chi connectivity index (χ2v) is 6.74. The highest BCUT2D eigenvalue weighted by molar-refractivity contribution is 5.90. The monoisotopic (exact) mass is 370 g/mol. The molecule has 146 valence electrons. The molecule has 0 bridgehead atoms. The molecule has 2 amide bonds. The van der Waals surface area contributed by atoms with Gasteiger partial charge in [-0.3, -0.25) is 10.1 Å². The van der Waals surface area contributed by atoms with Crippen LogP contribution in [-0.2, 0) is 16.0 Å². The van der Waals surface area contributed by atoms with Crippen molar-refractivity contribution in [2.75, 3.05) is 10.6 Å². The maximum atomic E-state index is 12.0. The van der Waals surface area contributed by atoms with Gasteiger partial charge < -0.3 is 10.1 Å². The van der Waals surface area contributed by atoms with Gasteiger partial charge in [0.2, 0.25) is 5.91 Å². The van der Waals surface area contributed by atoms with Crippen LogP contribution in [0.3, 0.4) is 0 Å². The van der Waals surface area contributed by atoms with Crippen LogP contribution in [0.2, 0.25) is 0 Å². The Balaban J connectivity index is 0.00000176. The predicted molar refractivity (Wildman–Crippen MR) is 111 cm³/mol. The average molecular weight is 370 g/mol. The number of hydrogen-bond acceptors (Lipinski definition) is 3. The van der Waals surface area contributed by atoms with Crippen LogP contribution in [-0.4, -0.2) is 17.6 Å². The molecule has 0 saturated heterocycles. The molecule has 0 atom stereocenters. The van der Waals surface area contributed by atoms with Crippen molar-refractivity contribution in [1.82, 2.24) is 0 Å². The number of ether oxygens (including phenoxy) is 1. The van der Waals surface area contributed by atoms with E-state index in [0.29, 0.717) is 18.5 Å². The second-order valence-electron chi connectivity index (χ2n) is 6.74. The molecular weight excluding hydrogens is 340 g/mol. The molecule has 0 aliphatic heterocycles. The van der Waals surface area contributed by atoms with E-state index in [-0.39, 0.29) is 5.91 Å². The molecule has 2 aromatic carbocycles. The maximum Gasteiger partial charge on any atom is 0.412 e. The fourth-order valence-electron chi connectivity index (χ4n) is 2.23. The number of rotatable bonds is 5. The molecule has 5 heteroatoms. The fraction of sp³-hybridized carbons (Fsp3) is 0.364. The lowest BCUT2D eigenvalue weighted by atomic mass is 10.1. The molecule has 0 fully saturated rings. The number of para-hydroxylation sites is 1. The molecule has 2 N–H and O–H groups in total. The van der Waals surface area contributed by atoms with E-state index in [1.807, 2.05) is 83.1 Å². The molecule has 27 heavy (non-hydrogen) atoms. The summed E-state index contributed by atoms with van der Waals surface area (Å²) in [6, 6.07) is 16.8. The molecule has 5 nitrogen and oxygen atoms in total. The Labute approximate surface area is 162 Å². The number of nitrogens with one attached hydrogen (secondary N) is 2. The first kappa shape index (κ1) is 22.2. The van der Waals surface area contributed by atoms with Gasteiger partial charge in [-0.2, -0.15) is 0 Å². The van der Waals surface area contributed by atoms with Crippen molar-refractivity contribution < 1.29 is 14.3 Å². The van der Waals surface area contributed by atoms with Crippen molar-refractivity contribution in [3.63, 3.8) is 0 Å². The number of benzene rings is 2. The quantitative estimate of drug-likeness (QED) is 0.716. The normalized spacial score (nSPS) is 10.3. The maximum absolute atomic E-state index is 12.0. The van der Waals surface area contributed by atoms with Gasteiger partial charge in [-0.25, -0.2) is 4.79 Å².